The molecule has 1 aromatic rings. The van der Waals surface area contributed by atoms with Gasteiger partial charge in [-0.2, -0.15) is 5.10 Å². The molecule has 2 rings (SSSR count). The Balaban J connectivity index is 2.05. The Morgan fingerprint density at radius 2 is 2.19 bits per heavy atom. The fourth-order valence-electron chi connectivity index (χ4n) is 3.50. The number of aromatic nitrogens is 2. The lowest BCUT2D eigenvalue weighted by Crippen LogP contribution is -2.48. The van der Waals surface area contributed by atoms with Crippen molar-refractivity contribution in [3.8, 4) is 0 Å². The van der Waals surface area contributed by atoms with Gasteiger partial charge in [-0.15, -0.1) is 0 Å². The van der Waals surface area contributed by atoms with Gasteiger partial charge in [0.1, 0.15) is 0 Å². The van der Waals surface area contributed by atoms with E-state index in [4.69, 9.17) is 0 Å². The fraction of sp³-hybridized carbons (Fsp3) is 0.765. The standard InChI is InChI=1S/C17H29N3O/c1-4-9-17(10-7-11-18-17)16(21)13-14-8-12-20(19-14)15(5-2)6-3/h8,12,15,18H,4-7,9-11,13H2,1-3H3. The second-order valence-corrected chi connectivity index (χ2v) is 6.22. The number of carbonyl (C=O) groups excluding carboxylic acids is 1. The molecule has 118 valence electrons. The van der Waals surface area contributed by atoms with Crippen molar-refractivity contribution < 1.29 is 4.79 Å². The highest BCUT2D eigenvalue weighted by Crippen LogP contribution is 2.27. The molecule has 2 heterocycles. The molecular weight excluding hydrogens is 262 g/mol. The van der Waals surface area contributed by atoms with E-state index < -0.39 is 0 Å². The van der Waals surface area contributed by atoms with E-state index in [0.29, 0.717) is 18.2 Å². The van der Waals surface area contributed by atoms with Crippen LogP contribution in [0.5, 0.6) is 0 Å². The maximum absolute atomic E-state index is 12.7. The van der Waals surface area contributed by atoms with Crippen LogP contribution in [0.4, 0.5) is 0 Å². The van der Waals surface area contributed by atoms with Gasteiger partial charge in [0.05, 0.1) is 23.7 Å². The predicted octanol–water partition coefficient (Wildman–Crippen LogP) is 3.28. The highest BCUT2D eigenvalue weighted by Gasteiger charge is 2.39. The molecule has 1 aliphatic heterocycles. The summed E-state index contributed by atoms with van der Waals surface area (Å²) >= 11 is 0. The third kappa shape index (κ3) is 3.54. The van der Waals surface area contributed by atoms with Gasteiger partial charge in [-0.25, -0.2) is 0 Å². The first kappa shape index (κ1) is 16.2. The zero-order valence-electron chi connectivity index (χ0n) is 13.7. The molecule has 1 fully saturated rings. The molecule has 0 saturated carbocycles. The average molecular weight is 291 g/mol. The Kier molecular flexibility index (Phi) is 5.57. The predicted molar refractivity (Wildman–Crippen MR) is 85.4 cm³/mol. The van der Waals surface area contributed by atoms with Crippen molar-refractivity contribution in [2.45, 2.75) is 77.3 Å². The Labute approximate surface area is 128 Å². The van der Waals surface area contributed by atoms with E-state index in [1.807, 2.05) is 16.9 Å². The minimum Gasteiger partial charge on any atom is -0.305 e. The molecule has 1 N–H and O–H groups in total. The minimum absolute atomic E-state index is 0.284. The highest BCUT2D eigenvalue weighted by molar-refractivity contribution is 5.90. The molecule has 1 saturated heterocycles. The summed E-state index contributed by atoms with van der Waals surface area (Å²) in [6, 6.07) is 2.45. The van der Waals surface area contributed by atoms with E-state index in [1.54, 1.807) is 0 Å². The number of ketones is 1. The van der Waals surface area contributed by atoms with Gasteiger partial charge < -0.3 is 5.32 Å². The first-order chi connectivity index (χ1) is 10.1. The summed E-state index contributed by atoms with van der Waals surface area (Å²) in [6.07, 6.45) is 8.70. The zero-order valence-corrected chi connectivity index (χ0v) is 13.7. The van der Waals surface area contributed by atoms with Crippen LogP contribution in [0.1, 0.15) is 71.0 Å². The Morgan fingerprint density at radius 1 is 1.43 bits per heavy atom. The lowest BCUT2D eigenvalue weighted by atomic mass is 9.85. The van der Waals surface area contributed by atoms with Crippen LogP contribution in [0, 0.1) is 0 Å². The van der Waals surface area contributed by atoms with E-state index >= 15 is 0 Å². The fourth-order valence-corrected chi connectivity index (χ4v) is 3.50. The summed E-state index contributed by atoms with van der Waals surface area (Å²) in [5.41, 5.74) is 0.629. The molecule has 4 nitrogen and oxygen atoms in total. The molecular formula is C17H29N3O. The molecule has 0 amide bonds. The molecule has 0 spiro atoms. The second-order valence-electron chi connectivity index (χ2n) is 6.22. The molecule has 1 aliphatic rings. The van der Waals surface area contributed by atoms with Crippen LogP contribution in [0.25, 0.3) is 0 Å². The Morgan fingerprint density at radius 3 is 2.76 bits per heavy atom. The van der Waals surface area contributed by atoms with E-state index in [9.17, 15) is 4.79 Å². The first-order valence-electron chi connectivity index (χ1n) is 8.47. The van der Waals surface area contributed by atoms with Gasteiger partial charge in [0, 0.05) is 6.20 Å². The van der Waals surface area contributed by atoms with Gasteiger partial charge in [-0.1, -0.05) is 27.2 Å². The van der Waals surface area contributed by atoms with Gasteiger partial charge >= 0.3 is 0 Å². The normalized spacial score (nSPS) is 22.1. The van der Waals surface area contributed by atoms with Gasteiger partial charge in [0.25, 0.3) is 0 Å². The summed E-state index contributed by atoms with van der Waals surface area (Å²) in [7, 11) is 0. The number of carbonyl (C=O) groups is 1. The minimum atomic E-state index is -0.284. The summed E-state index contributed by atoms with van der Waals surface area (Å²) < 4.78 is 2.02. The summed E-state index contributed by atoms with van der Waals surface area (Å²) in [5, 5.41) is 8.08. The van der Waals surface area contributed by atoms with Crippen LogP contribution in [0.2, 0.25) is 0 Å². The van der Waals surface area contributed by atoms with Crippen molar-refractivity contribution in [1.29, 1.82) is 0 Å². The van der Waals surface area contributed by atoms with Crippen molar-refractivity contribution in [1.82, 2.24) is 15.1 Å². The zero-order chi connectivity index (χ0) is 15.3. The highest BCUT2D eigenvalue weighted by atomic mass is 16.1. The average Bonchev–Trinajstić information content (AvgIpc) is 3.11. The van der Waals surface area contributed by atoms with Crippen LogP contribution >= 0.6 is 0 Å². The largest absolute Gasteiger partial charge is 0.305 e. The van der Waals surface area contributed by atoms with Crippen LogP contribution < -0.4 is 5.32 Å². The second kappa shape index (κ2) is 7.21. The quantitative estimate of drug-likeness (QED) is 0.799. The van der Waals surface area contributed by atoms with Crippen molar-refractivity contribution in [2.75, 3.05) is 6.54 Å². The molecule has 0 aliphatic carbocycles. The number of hydrogen-bond donors (Lipinski definition) is 1. The lowest BCUT2D eigenvalue weighted by molar-refractivity contribution is -0.124. The number of nitrogens with zero attached hydrogens (tertiary/aromatic N) is 2. The van der Waals surface area contributed by atoms with Gasteiger partial charge in [-0.05, 0) is 44.7 Å². The van der Waals surface area contributed by atoms with E-state index in [-0.39, 0.29) is 5.54 Å². The van der Waals surface area contributed by atoms with E-state index in [0.717, 1.165) is 50.8 Å². The smallest absolute Gasteiger partial charge is 0.158 e. The lowest BCUT2D eigenvalue weighted by Gasteiger charge is -2.27. The summed E-state index contributed by atoms with van der Waals surface area (Å²) in [6.45, 7) is 7.48. The molecule has 0 radical (unpaired) electrons. The summed E-state index contributed by atoms with van der Waals surface area (Å²) in [4.78, 5) is 12.7. The maximum Gasteiger partial charge on any atom is 0.158 e. The molecule has 1 aromatic heterocycles. The van der Waals surface area contributed by atoms with Crippen molar-refractivity contribution in [2.24, 2.45) is 0 Å². The molecule has 1 unspecified atom stereocenters. The molecule has 1 atom stereocenters. The topological polar surface area (TPSA) is 46.9 Å². The van der Waals surface area contributed by atoms with E-state index in [1.165, 1.54) is 0 Å². The third-order valence-corrected chi connectivity index (χ3v) is 4.78. The monoisotopic (exact) mass is 291 g/mol. The molecule has 21 heavy (non-hydrogen) atoms. The van der Waals surface area contributed by atoms with Gasteiger partial charge in [-0.3, -0.25) is 9.48 Å². The Bertz CT molecular complexity index is 456. The first-order valence-corrected chi connectivity index (χ1v) is 8.47. The maximum atomic E-state index is 12.7. The third-order valence-electron chi connectivity index (χ3n) is 4.78. The summed E-state index contributed by atoms with van der Waals surface area (Å²) in [5.74, 6) is 0.316. The number of Topliss-reactive ketones (excluding diaryl/α,β-unsaturated/α-hetero) is 1. The van der Waals surface area contributed by atoms with Crippen molar-refractivity contribution >= 4 is 5.78 Å². The van der Waals surface area contributed by atoms with Crippen molar-refractivity contribution in [3.63, 3.8) is 0 Å². The number of rotatable bonds is 8. The molecule has 4 heteroatoms. The number of nitrogens with one attached hydrogen (secondary N) is 1. The SMILES string of the molecule is CCCC1(C(=O)Cc2ccn(C(CC)CC)n2)CCCN1. The molecule has 0 bridgehead atoms. The number of hydrogen-bond acceptors (Lipinski definition) is 3. The molecule has 0 aromatic carbocycles. The Hall–Kier alpha value is -1.16. The van der Waals surface area contributed by atoms with Crippen LogP contribution in [0.3, 0.4) is 0 Å². The van der Waals surface area contributed by atoms with E-state index in [2.05, 4.69) is 31.2 Å². The van der Waals surface area contributed by atoms with Crippen LogP contribution in [-0.2, 0) is 11.2 Å². The van der Waals surface area contributed by atoms with Crippen LogP contribution in [0.15, 0.2) is 12.3 Å². The van der Waals surface area contributed by atoms with Gasteiger partial charge in [0.2, 0.25) is 0 Å². The van der Waals surface area contributed by atoms with Crippen LogP contribution in [-0.4, -0.2) is 27.6 Å². The van der Waals surface area contributed by atoms with Crippen molar-refractivity contribution in [3.05, 3.63) is 18.0 Å². The van der Waals surface area contributed by atoms with Gasteiger partial charge in [0.15, 0.2) is 5.78 Å².